The van der Waals surface area contributed by atoms with Gasteiger partial charge in [0, 0.05) is 25.3 Å². The van der Waals surface area contributed by atoms with Crippen LogP contribution in [0, 0.1) is 12.8 Å². The van der Waals surface area contributed by atoms with Crippen LogP contribution >= 0.6 is 11.5 Å². The molecule has 0 bridgehead atoms. The van der Waals surface area contributed by atoms with Crippen molar-refractivity contribution in [3.63, 3.8) is 0 Å². The van der Waals surface area contributed by atoms with Crippen LogP contribution in [0.15, 0.2) is 0 Å². The summed E-state index contributed by atoms with van der Waals surface area (Å²) < 4.78 is 4.16. The van der Waals surface area contributed by atoms with Gasteiger partial charge in [0.05, 0.1) is 0 Å². The Labute approximate surface area is 93.9 Å². The number of aromatic nitrogens is 1. The highest BCUT2D eigenvalue weighted by atomic mass is 32.1. The molecule has 2 rings (SSSR count). The van der Waals surface area contributed by atoms with E-state index >= 15 is 0 Å². The number of nitrogens with zero attached hydrogens (tertiary/aromatic N) is 2. The molecule has 0 aliphatic carbocycles. The number of hydrogen-bond donors (Lipinski definition) is 2. The van der Waals surface area contributed by atoms with Gasteiger partial charge in [-0.2, -0.15) is 4.37 Å². The summed E-state index contributed by atoms with van der Waals surface area (Å²) in [6.07, 6.45) is 2.13. The zero-order chi connectivity index (χ0) is 10.8. The molecule has 15 heavy (non-hydrogen) atoms. The standard InChI is InChI=1S/C10H17N3OS/c1-7-9(11)12-15-10(7)13-4-2-8(6-14)3-5-13/h8,14H,2-6H2,1H3,(H2,11,12). The third-order valence-corrected chi connectivity index (χ3v) is 4.12. The van der Waals surface area contributed by atoms with Crippen LogP contribution in [-0.4, -0.2) is 29.2 Å². The zero-order valence-corrected chi connectivity index (χ0v) is 9.76. The molecule has 1 aromatic heterocycles. The first-order chi connectivity index (χ1) is 7.22. The summed E-state index contributed by atoms with van der Waals surface area (Å²) in [4.78, 5) is 2.33. The fourth-order valence-corrected chi connectivity index (χ4v) is 2.81. The summed E-state index contributed by atoms with van der Waals surface area (Å²) >= 11 is 1.48. The van der Waals surface area contributed by atoms with Crippen molar-refractivity contribution in [2.75, 3.05) is 30.3 Å². The molecule has 1 aliphatic heterocycles. The number of hydrogen-bond acceptors (Lipinski definition) is 5. The molecule has 0 atom stereocenters. The van der Waals surface area contributed by atoms with Crippen molar-refractivity contribution in [1.29, 1.82) is 0 Å². The minimum absolute atomic E-state index is 0.317. The Kier molecular flexibility index (Phi) is 3.11. The van der Waals surface area contributed by atoms with E-state index in [2.05, 4.69) is 9.27 Å². The van der Waals surface area contributed by atoms with Crippen molar-refractivity contribution >= 4 is 22.4 Å². The minimum Gasteiger partial charge on any atom is -0.396 e. The lowest BCUT2D eigenvalue weighted by atomic mass is 9.98. The van der Waals surface area contributed by atoms with Gasteiger partial charge in [0.25, 0.3) is 0 Å². The Balaban J connectivity index is 2.04. The van der Waals surface area contributed by atoms with E-state index in [9.17, 15) is 0 Å². The minimum atomic E-state index is 0.317. The van der Waals surface area contributed by atoms with E-state index in [1.54, 1.807) is 0 Å². The third-order valence-electron chi connectivity index (χ3n) is 3.10. The molecule has 0 amide bonds. The topological polar surface area (TPSA) is 62.4 Å². The van der Waals surface area contributed by atoms with E-state index in [-0.39, 0.29) is 0 Å². The molecule has 1 aromatic rings. The van der Waals surface area contributed by atoms with E-state index in [4.69, 9.17) is 10.8 Å². The van der Waals surface area contributed by atoms with Gasteiger partial charge in [-0.1, -0.05) is 0 Å². The maximum Gasteiger partial charge on any atom is 0.142 e. The van der Waals surface area contributed by atoms with Crippen LogP contribution < -0.4 is 10.6 Å². The fourth-order valence-electron chi connectivity index (χ4n) is 1.95. The number of nitrogens with two attached hydrogens (primary N) is 1. The summed E-state index contributed by atoms with van der Waals surface area (Å²) in [6, 6.07) is 0. The molecule has 2 heterocycles. The van der Waals surface area contributed by atoms with Gasteiger partial charge >= 0.3 is 0 Å². The van der Waals surface area contributed by atoms with Crippen molar-refractivity contribution in [1.82, 2.24) is 4.37 Å². The lowest BCUT2D eigenvalue weighted by Gasteiger charge is -2.31. The Morgan fingerprint density at radius 2 is 2.20 bits per heavy atom. The zero-order valence-electron chi connectivity index (χ0n) is 8.94. The Morgan fingerprint density at radius 3 is 2.67 bits per heavy atom. The SMILES string of the molecule is Cc1c(N)nsc1N1CCC(CO)CC1. The summed E-state index contributed by atoms with van der Waals surface area (Å²) in [5, 5.41) is 10.3. The largest absolute Gasteiger partial charge is 0.396 e. The molecule has 84 valence electrons. The van der Waals surface area contributed by atoms with Crippen molar-refractivity contribution in [2.45, 2.75) is 19.8 Å². The van der Waals surface area contributed by atoms with E-state index in [0.717, 1.165) is 31.5 Å². The van der Waals surface area contributed by atoms with Crippen molar-refractivity contribution in [2.24, 2.45) is 5.92 Å². The van der Waals surface area contributed by atoms with Crippen LogP contribution in [0.2, 0.25) is 0 Å². The molecule has 0 aromatic carbocycles. The molecule has 4 nitrogen and oxygen atoms in total. The first kappa shape index (κ1) is 10.7. The van der Waals surface area contributed by atoms with Gasteiger partial charge in [0.1, 0.15) is 10.8 Å². The maximum absolute atomic E-state index is 9.06. The van der Waals surface area contributed by atoms with Crippen LogP contribution in [0.4, 0.5) is 10.8 Å². The number of nitrogen functional groups attached to an aromatic ring is 1. The Morgan fingerprint density at radius 1 is 1.53 bits per heavy atom. The van der Waals surface area contributed by atoms with Crippen molar-refractivity contribution in [3.8, 4) is 0 Å². The van der Waals surface area contributed by atoms with Gasteiger partial charge < -0.3 is 15.7 Å². The predicted molar refractivity (Wildman–Crippen MR) is 63.3 cm³/mol. The number of anilines is 2. The third kappa shape index (κ3) is 2.08. The average molecular weight is 227 g/mol. The Hall–Kier alpha value is -0.810. The van der Waals surface area contributed by atoms with E-state index < -0.39 is 0 Å². The fraction of sp³-hybridized carbons (Fsp3) is 0.700. The van der Waals surface area contributed by atoms with E-state index in [0.29, 0.717) is 18.3 Å². The van der Waals surface area contributed by atoms with Gasteiger partial charge in [0.2, 0.25) is 0 Å². The second-order valence-corrected chi connectivity index (χ2v) is 4.86. The summed E-state index contributed by atoms with van der Waals surface area (Å²) in [5.74, 6) is 1.13. The second kappa shape index (κ2) is 4.37. The molecular formula is C10H17N3OS. The molecule has 3 N–H and O–H groups in total. The molecule has 0 saturated carbocycles. The van der Waals surface area contributed by atoms with Crippen LogP contribution in [-0.2, 0) is 0 Å². The van der Waals surface area contributed by atoms with Crippen molar-refractivity contribution in [3.05, 3.63) is 5.56 Å². The van der Waals surface area contributed by atoms with Crippen molar-refractivity contribution < 1.29 is 5.11 Å². The van der Waals surface area contributed by atoms with Gasteiger partial charge in [-0.15, -0.1) is 0 Å². The predicted octanol–water partition coefficient (Wildman–Crippen LogP) is 1.24. The highest BCUT2D eigenvalue weighted by Gasteiger charge is 2.21. The first-order valence-corrected chi connectivity index (χ1v) is 6.07. The van der Waals surface area contributed by atoms with Crippen LogP contribution in [0.1, 0.15) is 18.4 Å². The van der Waals surface area contributed by atoms with Gasteiger partial charge in [0.15, 0.2) is 0 Å². The van der Waals surface area contributed by atoms with Crippen LogP contribution in [0.3, 0.4) is 0 Å². The van der Waals surface area contributed by atoms with E-state index in [1.807, 2.05) is 6.92 Å². The normalized spacial score (nSPS) is 18.4. The molecule has 1 saturated heterocycles. The Bertz CT molecular complexity index is 331. The van der Waals surface area contributed by atoms with Crippen LogP contribution in [0.25, 0.3) is 0 Å². The lowest BCUT2D eigenvalue weighted by Crippen LogP contribution is -2.34. The lowest BCUT2D eigenvalue weighted by molar-refractivity contribution is 0.203. The number of aliphatic hydroxyl groups is 1. The monoisotopic (exact) mass is 227 g/mol. The van der Waals surface area contributed by atoms with Gasteiger partial charge in [-0.3, -0.25) is 0 Å². The number of aliphatic hydroxyl groups excluding tert-OH is 1. The molecular weight excluding hydrogens is 210 g/mol. The molecule has 0 radical (unpaired) electrons. The second-order valence-electron chi connectivity index (χ2n) is 4.11. The summed E-state index contributed by atoms with van der Waals surface area (Å²) in [7, 11) is 0. The van der Waals surface area contributed by atoms with Gasteiger partial charge in [-0.05, 0) is 37.2 Å². The smallest absolute Gasteiger partial charge is 0.142 e. The first-order valence-electron chi connectivity index (χ1n) is 5.30. The maximum atomic E-state index is 9.06. The van der Waals surface area contributed by atoms with E-state index in [1.165, 1.54) is 16.5 Å². The van der Waals surface area contributed by atoms with Gasteiger partial charge in [-0.25, -0.2) is 0 Å². The average Bonchev–Trinajstić information content (AvgIpc) is 2.60. The molecule has 5 heteroatoms. The molecule has 1 aliphatic rings. The summed E-state index contributed by atoms with van der Waals surface area (Å²) in [6.45, 7) is 4.35. The molecule has 0 spiro atoms. The number of piperidine rings is 1. The highest BCUT2D eigenvalue weighted by Crippen LogP contribution is 2.32. The molecule has 0 unspecified atom stereocenters. The summed E-state index contributed by atoms with van der Waals surface area (Å²) in [5.41, 5.74) is 6.83. The van der Waals surface area contributed by atoms with Crippen LogP contribution in [0.5, 0.6) is 0 Å². The number of rotatable bonds is 2. The molecule has 1 fully saturated rings. The quantitative estimate of drug-likeness (QED) is 0.798. The highest BCUT2D eigenvalue weighted by molar-refractivity contribution is 7.10.